The van der Waals surface area contributed by atoms with Crippen LogP contribution in [0.15, 0.2) is 59.5 Å². The Morgan fingerprint density at radius 3 is 2.17 bits per heavy atom. The van der Waals surface area contributed by atoms with Gasteiger partial charge in [0.2, 0.25) is 6.23 Å². The van der Waals surface area contributed by atoms with E-state index in [1.165, 1.54) is 70.4 Å². The largest absolute Gasteiger partial charge is 0.509 e. The second kappa shape index (κ2) is 21.7. The predicted molar refractivity (Wildman–Crippen MR) is 229 cm³/mol. The summed E-state index contributed by atoms with van der Waals surface area (Å²) in [4.78, 5) is 92.0. The number of aromatic nitrogens is 2. The number of aromatic hydroxyl groups is 1. The number of benzene rings is 2. The van der Waals surface area contributed by atoms with Gasteiger partial charge in [-0.1, -0.05) is 24.3 Å². The molecule has 3 aromatic rings. The Kier molecular flexibility index (Phi) is 16.9. The molecule has 2 heterocycles. The van der Waals surface area contributed by atoms with Crippen molar-refractivity contribution in [3.8, 4) is 23.0 Å². The molecule has 21 heteroatoms. The average Bonchev–Trinajstić information content (AvgIpc) is 3.43. The SMILES string of the molecule is COc1cc(/C=C/C(=O)CC(=O)/C=C/c2ccc(OC(=O)CCCC(=O)O)c(OC)c2CC2OC(n3ccc(NC(=O)OC(C)(C)C)nc3=O)C(F)(F)C2OC(=O)OC(C)(C)C)ccc1O. The summed E-state index contributed by atoms with van der Waals surface area (Å²) in [7, 11) is 2.51. The second-order valence-electron chi connectivity index (χ2n) is 16.6. The van der Waals surface area contributed by atoms with Crippen molar-refractivity contribution in [1.82, 2.24) is 9.55 Å². The molecule has 1 aromatic heterocycles. The van der Waals surface area contributed by atoms with Gasteiger partial charge in [0.05, 0.1) is 20.6 Å². The van der Waals surface area contributed by atoms with E-state index in [0.717, 1.165) is 31.5 Å². The first-order valence-electron chi connectivity index (χ1n) is 20.2. The maximum absolute atomic E-state index is 16.7. The van der Waals surface area contributed by atoms with Crippen LogP contribution in [0.5, 0.6) is 23.0 Å². The van der Waals surface area contributed by atoms with Crippen LogP contribution in [0.3, 0.4) is 0 Å². The number of ether oxygens (including phenoxy) is 7. The lowest BCUT2D eigenvalue weighted by atomic mass is 9.95. The highest BCUT2D eigenvalue weighted by Gasteiger charge is 2.63. The summed E-state index contributed by atoms with van der Waals surface area (Å²) in [6.45, 7) is 9.17. The molecule has 0 bridgehead atoms. The van der Waals surface area contributed by atoms with Gasteiger partial charge in [0, 0.05) is 31.0 Å². The number of esters is 1. The van der Waals surface area contributed by atoms with E-state index < -0.39 is 89.8 Å². The van der Waals surface area contributed by atoms with Crippen molar-refractivity contribution < 1.29 is 80.9 Å². The Morgan fingerprint density at radius 1 is 0.894 bits per heavy atom. The number of methoxy groups -OCH3 is 2. The number of alkyl halides is 2. The van der Waals surface area contributed by atoms with Gasteiger partial charge in [-0.25, -0.2) is 14.4 Å². The molecule has 356 valence electrons. The van der Waals surface area contributed by atoms with Crippen LogP contribution in [0.4, 0.5) is 24.2 Å². The summed E-state index contributed by atoms with van der Waals surface area (Å²) in [6.07, 6.45) is -5.65. The molecule has 1 saturated heterocycles. The molecule has 2 aromatic carbocycles. The molecule has 0 spiro atoms. The molecule has 19 nitrogen and oxygen atoms in total. The van der Waals surface area contributed by atoms with Crippen LogP contribution in [0.1, 0.15) is 90.1 Å². The third-order valence-corrected chi connectivity index (χ3v) is 9.00. The van der Waals surface area contributed by atoms with E-state index in [4.69, 9.17) is 38.3 Å². The maximum Gasteiger partial charge on any atom is 0.509 e. The Balaban J connectivity index is 1.74. The molecule has 1 aliphatic rings. The summed E-state index contributed by atoms with van der Waals surface area (Å²) < 4.78 is 71.4. The summed E-state index contributed by atoms with van der Waals surface area (Å²) in [5.41, 5.74) is -2.90. The van der Waals surface area contributed by atoms with Crippen molar-refractivity contribution in [2.75, 3.05) is 19.5 Å². The van der Waals surface area contributed by atoms with E-state index in [1.807, 2.05) is 0 Å². The van der Waals surface area contributed by atoms with Gasteiger partial charge in [-0.05, 0) is 95.5 Å². The molecule has 0 aliphatic carbocycles. The third kappa shape index (κ3) is 14.7. The summed E-state index contributed by atoms with van der Waals surface area (Å²) in [5, 5.41) is 21.1. The number of aliphatic carboxylic acids is 1. The number of halogens is 2. The number of carbonyl (C=O) groups is 6. The van der Waals surface area contributed by atoms with Crippen molar-refractivity contribution >= 4 is 53.7 Å². The van der Waals surface area contributed by atoms with E-state index in [0.29, 0.717) is 10.1 Å². The van der Waals surface area contributed by atoms with Gasteiger partial charge in [-0.2, -0.15) is 13.8 Å². The van der Waals surface area contributed by atoms with Crippen molar-refractivity contribution in [2.45, 2.75) is 109 Å². The summed E-state index contributed by atoms with van der Waals surface area (Å²) in [6, 6.07) is 7.98. The van der Waals surface area contributed by atoms with Crippen LogP contribution in [-0.4, -0.2) is 99.1 Å². The van der Waals surface area contributed by atoms with E-state index in [-0.39, 0.29) is 59.2 Å². The summed E-state index contributed by atoms with van der Waals surface area (Å²) >= 11 is 0. The fourth-order valence-corrected chi connectivity index (χ4v) is 6.23. The summed E-state index contributed by atoms with van der Waals surface area (Å²) in [5.74, 6) is -8.31. The van der Waals surface area contributed by atoms with Gasteiger partial charge >= 0.3 is 35.8 Å². The van der Waals surface area contributed by atoms with Crippen molar-refractivity contribution in [2.24, 2.45) is 0 Å². The minimum Gasteiger partial charge on any atom is -0.504 e. The van der Waals surface area contributed by atoms with Crippen LogP contribution in [-0.2, 0) is 44.5 Å². The van der Waals surface area contributed by atoms with Crippen LogP contribution >= 0.6 is 0 Å². The zero-order chi connectivity index (χ0) is 49.1. The topological polar surface area (TPSA) is 254 Å². The molecule has 4 rings (SSSR count). The van der Waals surface area contributed by atoms with Gasteiger partial charge in [-0.3, -0.25) is 29.1 Å². The molecule has 66 heavy (non-hydrogen) atoms. The molecule has 1 amide bonds. The van der Waals surface area contributed by atoms with Crippen LogP contribution in [0.25, 0.3) is 12.2 Å². The molecular weight excluding hydrogens is 876 g/mol. The number of amides is 1. The third-order valence-electron chi connectivity index (χ3n) is 9.00. The first-order valence-corrected chi connectivity index (χ1v) is 20.2. The Morgan fingerprint density at radius 2 is 1.56 bits per heavy atom. The number of allylic oxidation sites excluding steroid dienone is 2. The fourth-order valence-electron chi connectivity index (χ4n) is 6.23. The van der Waals surface area contributed by atoms with Crippen molar-refractivity contribution in [3.05, 3.63) is 81.9 Å². The number of ketones is 2. The zero-order valence-corrected chi connectivity index (χ0v) is 37.4. The minimum absolute atomic E-state index is 0.0495. The number of carboxylic acids is 1. The normalized spacial score (nSPS) is 17.0. The monoisotopic (exact) mass is 927 g/mol. The molecular formula is C45H51F2N3O16. The standard InChI is InChI=1S/C45H51F2N3O16/c1-43(2,3)65-41(58)49-34-20-21-50(40(57)48-34)39-45(46,47)38(64-42(59)66-44(4,5)6)33(63-39)24-29-26(15-19-31(37(29)61-8)62-36(56)11-9-10-35(54)55)14-17-28(52)23-27(51)16-12-25-13-18-30(53)32(22-25)60-7/h12-22,33,38-39,53H,9-11,23-24H2,1-8H3,(H,54,55)(H,48,49,57,58)/b16-12+,17-14+. The van der Waals surface area contributed by atoms with Crippen LogP contribution < -0.4 is 25.2 Å². The number of hydrogen-bond acceptors (Lipinski definition) is 16. The lowest BCUT2D eigenvalue weighted by Crippen LogP contribution is -2.45. The van der Waals surface area contributed by atoms with E-state index in [9.17, 15) is 38.7 Å². The molecule has 0 saturated carbocycles. The number of phenolic OH excluding ortho intramolecular Hbond substituents is 1. The average molecular weight is 928 g/mol. The number of anilines is 1. The number of hydrogen-bond donors (Lipinski definition) is 3. The van der Waals surface area contributed by atoms with Crippen molar-refractivity contribution in [3.63, 3.8) is 0 Å². The number of rotatable bonds is 18. The smallest absolute Gasteiger partial charge is 0.504 e. The number of phenols is 1. The van der Waals surface area contributed by atoms with E-state index in [1.54, 1.807) is 20.8 Å². The van der Waals surface area contributed by atoms with Gasteiger partial charge in [0.25, 0.3) is 0 Å². The fraction of sp³-hybridized carbons (Fsp3) is 0.422. The Labute approximate surface area is 377 Å². The quantitative estimate of drug-likeness (QED) is 0.0512. The number of nitrogens with one attached hydrogen (secondary N) is 1. The molecule has 3 atom stereocenters. The van der Waals surface area contributed by atoms with E-state index in [2.05, 4.69) is 10.3 Å². The predicted octanol–water partition coefficient (Wildman–Crippen LogP) is 6.82. The zero-order valence-electron chi connectivity index (χ0n) is 37.4. The first kappa shape index (κ1) is 51.5. The maximum atomic E-state index is 16.7. The minimum atomic E-state index is -4.21. The highest BCUT2D eigenvalue weighted by molar-refractivity contribution is 6.11. The highest BCUT2D eigenvalue weighted by atomic mass is 19.3. The van der Waals surface area contributed by atoms with Crippen molar-refractivity contribution in [1.29, 1.82) is 0 Å². The molecule has 0 radical (unpaired) electrons. The number of carbonyl (C=O) groups excluding carboxylic acids is 5. The lowest BCUT2D eigenvalue weighted by molar-refractivity contribution is -0.149. The Hall–Kier alpha value is -7.16. The lowest BCUT2D eigenvalue weighted by Gasteiger charge is -2.26. The molecule has 3 unspecified atom stereocenters. The van der Waals surface area contributed by atoms with Gasteiger partial charge in [0.15, 0.2) is 40.7 Å². The number of carboxylic acid groups (broad SMARTS) is 1. The molecule has 1 fully saturated rings. The molecule has 3 N–H and O–H groups in total. The van der Waals surface area contributed by atoms with E-state index >= 15 is 8.78 Å². The Bertz CT molecular complexity index is 2430. The van der Waals surface area contributed by atoms with Crippen LogP contribution in [0, 0.1) is 0 Å². The molecule has 1 aliphatic heterocycles. The van der Waals surface area contributed by atoms with Gasteiger partial charge in [-0.15, -0.1) is 0 Å². The number of nitrogens with zero attached hydrogens (tertiary/aromatic N) is 2. The van der Waals surface area contributed by atoms with Gasteiger partial charge in [0.1, 0.15) is 23.1 Å². The van der Waals surface area contributed by atoms with Gasteiger partial charge < -0.3 is 43.4 Å². The second-order valence-corrected chi connectivity index (χ2v) is 16.6. The highest BCUT2D eigenvalue weighted by Crippen LogP contribution is 2.47. The van der Waals surface area contributed by atoms with Crippen LogP contribution in [0.2, 0.25) is 0 Å². The first-order chi connectivity index (χ1) is 30.8.